The fourth-order valence-electron chi connectivity index (χ4n) is 3.49. The Morgan fingerprint density at radius 3 is 2.60 bits per heavy atom. The maximum atomic E-state index is 3.52. The largest absolute Gasteiger partial charge is 0.313 e. The van der Waals surface area contributed by atoms with Gasteiger partial charge in [0.15, 0.2) is 0 Å². The lowest BCUT2D eigenvalue weighted by Gasteiger charge is -2.20. The van der Waals surface area contributed by atoms with Crippen LogP contribution in [-0.4, -0.2) is 7.05 Å². The van der Waals surface area contributed by atoms with Gasteiger partial charge in [0.1, 0.15) is 0 Å². The van der Waals surface area contributed by atoms with Crippen LogP contribution in [0.15, 0.2) is 42.5 Å². The lowest BCUT2D eigenvalue weighted by molar-refractivity contribution is 0.410. The highest BCUT2D eigenvalue weighted by molar-refractivity contribution is 5.37. The van der Waals surface area contributed by atoms with Crippen molar-refractivity contribution in [1.82, 2.24) is 5.32 Å². The molecule has 0 amide bonds. The summed E-state index contributed by atoms with van der Waals surface area (Å²) >= 11 is 0. The van der Waals surface area contributed by atoms with Gasteiger partial charge in [0, 0.05) is 6.04 Å². The Balaban J connectivity index is 1.83. The first kappa shape index (κ1) is 13.4. The second kappa shape index (κ2) is 5.41. The Hall–Kier alpha value is -1.60. The van der Waals surface area contributed by atoms with Gasteiger partial charge in [-0.15, -0.1) is 0 Å². The minimum Gasteiger partial charge on any atom is -0.313 e. The average molecular weight is 265 g/mol. The van der Waals surface area contributed by atoms with Crippen molar-refractivity contribution in [2.45, 2.75) is 32.7 Å². The fraction of sp³-hybridized carbons (Fsp3) is 0.368. The molecule has 1 heteroatoms. The van der Waals surface area contributed by atoms with Crippen molar-refractivity contribution in [3.63, 3.8) is 0 Å². The van der Waals surface area contributed by atoms with Crippen molar-refractivity contribution in [3.05, 3.63) is 70.3 Å². The van der Waals surface area contributed by atoms with Gasteiger partial charge in [-0.1, -0.05) is 42.5 Å². The van der Waals surface area contributed by atoms with E-state index in [-0.39, 0.29) is 0 Å². The molecular formula is C19H23N. The summed E-state index contributed by atoms with van der Waals surface area (Å²) in [5.41, 5.74) is 7.25. The molecule has 2 aromatic rings. The van der Waals surface area contributed by atoms with Crippen LogP contribution < -0.4 is 5.32 Å². The lowest BCUT2D eigenvalue weighted by atomic mass is 9.91. The van der Waals surface area contributed by atoms with Gasteiger partial charge < -0.3 is 5.32 Å². The maximum Gasteiger partial charge on any atom is 0.0355 e. The summed E-state index contributed by atoms with van der Waals surface area (Å²) in [5.74, 6) is 0.666. The van der Waals surface area contributed by atoms with E-state index in [1.165, 1.54) is 34.2 Å². The monoisotopic (exact) mass is 265 g/mol. The molecule has 1 aliphatic rings. The normalized spacial score (nSPS) is 20.9. The number of fused-ring (bicyclic) bond motifs is 1. The SMILES string of the molecule is CNC1c2ccccc2CC1Cc1ccc(C)c(C)c1. The molecule has 2 aromatic carbocycles. The Labute approximate surface area is 122 Å². The molecule has 2 atom stereocenters. The lowest BCUT2D eigenvalue weighted by Crippen LogP contribution is -2.23. The number of rotatable bonds is 3. The molecule has 3 rings (SSSR count). The second-order valence-corrected chi connectivity index (χ2v) is 6.05. The fourth-order valence-corrected chi connectivity index (χ4v) is 3.49. The van der Waals surface area contributed by atoms with Gasteiger partial charge in [0.25, 0.3) is 0 Å². The summed E-state index contributed by atoms with van der Waals surface area (Å²) < 4.78 is 0. The minimum absolute atomic E-state index is 0.493. The van der Waals surface area contributed by atoms with Gasteiger partial charge in [-0.05, 0) is 67.5 Å². The van der Waals surface area contributed by atoms with Crippen molar-refractivity contribution in [1.29, 1.82) is 0 Å². The highest BCUT2D eigenvalue weighted by Gasteiger charge is 2.30. The summed E-state index contributed by atoms with van der Waals surface area (Å²) in [5, 5.41) is 3.52. The van der Waals surface area contributed by atoms with Crippen LogP contribution in [0.25, 0.3) is 0 Å². The molecule has 0 saturated carbocycles. The second-order valence-electron chi connectivity index (χ2n) is 6.05. The third kappa shape index (κ3) is 2.38. The van der Waals surface area contributed by atoms with E-state index in [1.54, 1.807) is 0 Å². The third-order valence-electron chi connectivity index (χ3n) is 4.72. The predicted octanol–water partition coefficient (Wildman–Crippen LogP) is 3.98. The van der Waals surface area contributed by atoms with Crippen molar-refractivity contribution in [2.75, 3.05) is 7.05 Å². The maximum absolute atomic E-state index is 3.52. The van der Waals surface area contributed by atoms with Crippen molar-refractivity contribution in [2.24, 2.45) is 5.92 Å². The van der Waals surface area contributed by atoms with E-state index in [1.807, 2.05) is 0 Å². The van der Waals surface area contributed by atoms with E-state index >= 15 is 0 Å². The van der Waals surface area contributed by atoms with Crippen LogP contribution >= 0.6 is 0 Å². The molecule has 2 unspecified atom stereocenters. The van der Waals surface area contributed by atoms with Crippen LogP contribution in [-0.2, 0) is 12.8 Å². The van der Waals surface area contributed by atoms with Gasteiger partial charge >= 0.3 is 0 Å². The summed E-state index contributed by atoms with van der Waals surface area (Å²) in [7, 11) is 2.08. The Bertz CT molecular complexity index is 615. The number of aryl methyl sites for hydroxylation is 2. The highest BCUT2D eigenvalue weighted by Crippen LogP contribution is 2.37. The van der Waals surface area contributed by atoms with E-state index in [2.05, 4.69) is 68.7 Å². The van der Waals surface area contributed by atoms with Crippen LogP contribution in [0.4, 0.5) is 0 Å². The predicted molar refractivity (Wildman–Crippen MR) is 85.1 cm³/mol. The topological polar surface area (TPSA) is 12.0 Å². The molecule has 104 valence electrons. The highest BCUT2D eigenvalue weighted by atomic mass is 14.9. The zero-order valence-electron chi connectivity index (χ0n) is 12.6. The Kier molecular flexibility index (Phi) is 3.62. The van der Waals surface area contributed by atoms with Crippen LogP contribution in [0.5, 0.6) is 0 Å². The standard InChI is InChI=1S/C19H23N/c1-13-8-9-15(10-14(13)2)11-17-12-16-6-4-5-7-18(16)19(17)20-3/h4-10,17,19-20H,11-12H2,1-3H3. The van der Waals surface area contributed by atoms with Crippen molar-refractivity contribution >= 4 is 0 Å². The molecule has 0 heterocycles. The first-order chi connectivity index (χ1) is 9.69. The quantitative estimate of drug-likeness (QED) is 0.885. The van der Waals surface area contributed by atoms with Gasteiger partial charge in [-0.2, -0.15) is 0 Å². The van der Waals surface area contributed by atoms with Gasteiger partial charge in [0.2, 0.25) is 0 Å². The van der Waals surface area contributed by atoms with Crippen molar-refractivity contribution < 1.29 is 0 Å². The van der Waals surface area contributed by atoms with Gasteiger partial charge in [0.05, 0.1) is 0 Å². The molecule has 0 bridgehead atoms. The summed E-state index contributed by atoms with van der Waals surface area (Å²) in [6.45, 7) is 4.39. The molecule has 0 aromatic heterocycles. The minimum atomic E-state index is 0.493. The van der Waals surface area contributed by atoms with E-state index < -0.39 is 0 Å². The smallest absolute Gasteiger partial charge is 0.0355 e. The van der Waals surface area contributed by atoms with Crippen LogP contribution in [0, 0.1) is 19.8 Å². The molecule has 1 N–H and O–H groups in total. The molecule has 0 spiro atoms. The summed E-state index contributed by atoms with van der Waals surface area (Å²) in [4.78, 5) is 0. The van der Waals surface area contributed by atoms with E-state index in [0.717, 1.165) is 6.42 Å². The Morgan fingerprint density at radius 1 is 1.05 bits per heavy atom. The van der Waals surface area contributed by atoms with Crippen LogP contribution in [0.1, 0.15) is 33.9 Å². The third-order valence-corrected chi connectivity index (χ3v) is 4.72. The molecular weight excluding hydrogens is 242 g/mol. The average Bonchev–Trinajstić information content (AvgIpc) is 2.80. The Morgan fingerprint density at radius 2 is 1.85 bits per heavy atom. The number of benzene rings is 2. The molecule has 0 radical (unpaired) electrons. The number of hydrogen-bond acceptors (Lipinski definition) is 1. The van der Waals surface area contributed by atoms with E-state index in [4.69, 9.17) is 0 Å². The zero-order chi connectivity index (χ0) is 14.1. The van der Waals surface area contributed by atoms with E-state index in [9.17, 15) is 0 Å². The molecule has 1 nitrogen and oxygen atoms in total. The summed E-state index contributed by atoms with van der Waals surface area (Å²) in [6, 6.07) is 16.3. The molecule has 1 aliphatic carbocycles. The molecule has 0 aliphatic heterocycles. The zero-order valence-corrected chi connectivity index (χ0v) is 12.6. The van der Waals surface area contributed by atoms with Crippen molar-refractivity contribution in [3.8, 4) is 0 Å². The first-order valence-corrected chi connectivity index (χ1v) is 7.50. The van der Waals surface area contributed by atoms with Crippen LogP contribution in [0.2, 0.25) is 0 Å². The van der Waals surface area contributed by atoms with Crippen LogP contribution in [0.3, 0.4) is 0 Å². The van der Waals surface area contributed by atoms with Gasteiger partial charge in [-0.3, -0.25) is 0 Å². The summed E-state index contributed by atoms with van der Waals surface area (Å²) in [6.07, 6.45) is 2.34. The first-order valence-electron chi connectivity index (χ1n) is 7.50. The molecule has 0 saturated heterocycles. The molecule has 20 heavy (non-hydrogen) atoms. The van der Waals surface area contributed by atoms with E-state index in [0.29, 0.717) is 12.0 Å². The number of hydrogen-bond donors (Lipinski definition) is 1. The van der Waals surface area contributed by atoms with Gasteiger partial charge in [-0.25, -0.2) is 0 Å². The number of nitrogens with one attached hydrogen (secondary N) is 1. The molecule has 0 fully saturated rings.